The molecule has 1 aromatic heterocycles. The number of aromatic amines is 1. The maximum absolute atomic E-state index is 13.1. The van der Waals surface area contributed by atoms with E-state index in [0.717, 1.165) is 5.39 Å². The minimum absolute atomic E-state index is 0.0476. The number of H-pyrrole nitrogens is 1. The lowest BCUT2D eigenvalue weighted by atomic mass is 9.81. The van der Waals surface area contributed by atoms with Gasteiger partial charge in [-0.05, 0) is 28.5 Å². The second-order valence-corrected chi connectivity index (χ2v) is 7.45. The van der Waals surface area contributed by atoms with E-state index in [-0.39, 0.29) is 28.2 Å². The van der Waals surface area contributed by atoms with Gasteiger partial charge >= 0.3 is 11.9 Å². The van der Waals surface area contributed by atoms with Gasteiger partial charge in [0.05, 0.1) is 37.4 Å². The number of anilines is 1. The number of carbonyl (C=O) groups is 2. The number of benzene rings is 2. The van der Waals surface area contributed by atoms with Crippen molar-refractivity contribution in [3.05, 3.63) is 99.4 Å². The number of fused-ring (bicyclic) bond motifs is 1. The summed E-state index contributed by atoms with van der Waals surface area (Å²) in [7, 11) is 2.37. The third-order valence-electron chi connectivity index (χ3n) is 5.60. The Morgan fingerprint density at radius 3 is 2.38 bits per heavy atom. The summed E-state index contributed by atoms with van der Waals surface area (Å²) >= 11 is 0. The van der Waals surface area contributed by atoms with Crippen molar-refractivity contribution in [3.63, 3.8) is 0 Å². The highest BCUT2D eigenvalue weighted by Crippen LogP contribution is 2.43. The van der Waals surface area contributed by atoms with Gasteiger partial charge in [-0.2, -0.15) is 5.26 Å². The molecule has 2 heterocycles. The highest BCUT2D eigenvalue weighted by atomic mass is 16.5. The Labute approximate surface area is 194 Å². The summed E-state index contributed by atoms with van der Waals surface area (Å²) in [5.74, 6) is -2.65. The van der Waals surface area contributed by atoms with Gasteiger partial charge < -0.3 is 20.2 Å². The number of allylic oxidation sites excluding steroid dienone is 1. The molecule has 1 unspecified atom stereocenters. The summed E-state index contributed by atoms with van der Waals surface area (Å²) in [6.07, 6.45) is 1.56. The second-order valence-electron chi connectivity index (χ2n) is 7.45. The normalized spacial score (nSPS) is 15.8. The molecule has 0 aliphatic carbocycles. The molecule has 0 fully saturated rings. The Bertz CT molecular complexity index is 1460. The lowest BCUT2D eigenvalue weighted by Gasteiger charge is -2.36. The average Bonchev–Trinajstić information content (AvgIpc) is 2.86. The smallest absolute Gasteiger partial charge is 0.355 e. The van der Waals surface area contributed by atoms with Crippen LogP contribution in [0.2, 0.25) is 0 Å². The summed E-state index contributed by atoms with van der Waals surface area (Å²) in [5, 5.41) is 11.4. The molecule has 0 spiro atoms. The van der Waals surface area contributed by atoms with E-state index < -0.39 is 17.9 Å². The van der Waals surface area contributed by atoms with Crippen LogP contribution in [0.3, 0.4) is 0 Å². The van der Waals surface area contributed by atoms with E-state index in [9.17, 15) is 19.6 Å². The van der Waals surface area contributed by atoms with Crippen molar-refractivity contribution in [2.24, 2.45) is 5.73 Å². The zero-order valence-corrected chi connectivity index (χ0v) is 18.4. The van der Waals surface area contributed by atoms with Crippen LogP contribution in [0.4, 0.5) is 5.69 Å². The van der Waals surface area contributed by atoms with Crippen LogP contribution >= 0.6 is 0 Å². The number of hydrogen-bond donors (Lipinski definition) is 2. The number of esters is 2. The minimum Gasteiger partial charge on any atom is -0.466 e. The molecule has 0 saturated heterocycles. The van der Waals surface area contributed by atoms with Crippen LogP contribution < -0.4 is 16.2 Å². The number of nitrogens with two attached hydrogens (primary N) is 1. The van der Waals surface area contributed by atoms with Gasteiger partial charge in [-0.25, -0.2) is 9.59 Å². The predicted octanol–water partition coefficient (Wildman–Crippen LogP) is 2.43. The lowest BCUT2D eigenvalue weighted by molar-refractivity contribution is -0.139. The van der Waals surface area contributed by atoms with Gasteiger partial charge in [0.15, 0.2) is 0 Å². The highest BCUT2D eigenvalue weighted by molar-refractivity contribution is 6.06. The second kappa shape index (κ2) is 8.96. The first-order valence-electron chi connectivity index (χ1n) is 10.2. The third-order valence-corrected chi connectivity index (χ3v) is 5.60. The zero-order chi connectivity index (χ0) is 24.4. The molecule has 1 aliphatic heterocycles. The molecule has 170 valence electrons. The van der Waals surface area contributed by atoms with Gasteiger partial charge in [0.25, 0.3) is 0 Å². The van der Waals surface area contributed by atoms with Crippen molar-refractivity contribution in [2.75, 3.05) is 19.1 Å². The topological polar surface area (TPSA) is 139 Å². The Kier molecular flexibility index (Phi) is 5.89. The van der Waals surface area contributed by atoms with E-state index in [2.05, 4.69) is 11.1 Å². The quantitative estimate of drug-likeness (QED) is 0.571. The van der Waals surface area contributed by atoms with E-state index in [1.165, 1.54) is 25.2 Å². The molecule has 0 bridgehead atoms. The molecule has 1 aliphatic rings. The van der Waals surface area contributed by atoms with Crippen LogP contribution in [0, 0.1) is 11.3 Å². The van der Waals surface area contributed by atoms with E-state index in [1.807, 2.05) is 0 Å². The number of aromatic nitrogens is 1. The van der Waals surface area contributed by atoms with Gasteiger partial charge in [-0.15, -0.1) is 0 Å². The molecule has 0 radical (unpaired) electrons. The van der Waals surface area contributed by atoms with Crippen molar-refractivity contribution in [3.8, 4) is 6.07 Å². The van der Waals surface area contributed by atoms with Crippen molar-refractivity contribution in [1.29, 1.82) is 5.26 Å². The monoisotopic (exact) mass is 456 g/mol. The number of nitrogens with zero attached hydrogens (tertiary/aromatic N) is 2. The van der Waals surface area contributed by atoms with Crippen LogP contribution in [0.5, 0.6) is 0 Å². The SMILES string of the molecule is COC(=O)C1=C(C(=O)OC)N(c2ccc3c[nH]c(=O)cc3c2)C(N)=C(C#N)C1c1ccccc1. The van der Waals surface area contributed by atoms with Crippen molar-refractivity contribution >= 4 is 28.4 Å². The van der Waals surface area contributed by atoms with E-state index in [1.54, 1.807) is 54.7 Å². The number of hydrogen-bond acceptors (Lipinski definition) is 8. The molecule has 9 heteroatoms. The molecule has 2 aromatic carbocycles. The first-order valence-corrected chi connectivity index (χ1v) is 10.2. The van der Waals surface area contributed by atoms with Gasteiger partial charge in [0.1, 0.15) is 11.5 Å². The molecule has 0 amide bonds. The summed E-state index contributed by atoms with van der Waals surface area (Å²) in [6.45, 7) is 0. The van der Waals surface area contributed by atoms with E-state index >= 15 is 0 Å². The number of rotatable bonds is 4. The number of carbonyl (C=O) groups excluding carboxylic acids is 2. The summed E-state index contributed by atoms with van der Waals surface area (Å²) in [6, 6.07) is 17.2. The molecule has 0 saturated carbocycles. The number of pyridine rings is 1. The van der Waals surface area contributed by atoms with E-state index in [0.29, 0.717) is 16.6 Å². The molecule has 9 nitrogen and oxygen atoms in total. The Balaban J connectivity index is 2.07. The lowest BCUT2D eigenvalue weighted by Crippen LogP contribution is -2.40. The fraction of sp³-hybridized carbons (Fsp3) is 0.120. The molecule has 1 atom stereocenters. The number of methoxy groups -OCH3 is 2. The molecular weight excluding hydrogens is 436 g/mol. The summed E-state index contributed by atoms with van der Waals surface area (Å²) in [4.78, 5) is 41.8. The number of nitriles is 1. The fourth-order valence-electron chi connectivity index (χ4n) is 4.07. The first-order chi connectivity index (χ1) is 16.4. The maximum Gasteiger partial charge on any atom is 0.355 e. The van der Waals surface area contributed by atoms with Crippen molar-refractivity contribution in [2.45, 2.75) is 5.92 Å². The Morgan fingerprint density at radius 2 is 1.74 bits per heavy atom. The maximum atomic E-state index is 13.1. The Hall–Kier alpha value is -4.84. The first kappa shape index (κ1) is 22.4. The zero-order valence-electron chi connectivity index (χ0n) is 18.4. The van der Waals surface area contributed by atoms with Crippen LogP contribution in [0.15, 0.2) is 88.3 Å². The van der Waals surface area contributed by atoms with Crippen molar-refractivity contribution < 1.29 is 19.1 Å². The van der Waals surface area contributed by atoms with Gasteiger partial charge in [-0.3, -0.25) is 9.69 Å². The molecular formula is C25H20N4O5. The summed E-state index contributed by atoms with van der Waals surface area (Å²) in [5.41, 5.74) is 6.90. The van der Waals surface area contributed by atoms with Gasteiger partial charge in [0, 0.05) is 18.0 Å². The molecule has 3 aromatic rings. The Morgan fingerprint density at radius 1 is 1.03 bits per heavy atom. The van der Waals surface area contributed by atoms with Crippen LogP contribution in [-0.4, -0.2) is 31.1 Å². The predicted molar refractivity (Wildman–Crippen MR) is 124 cm³/mol. The van der Waals surface area contributed by atoms with Crippen molar-refractivity contribution in [1.82, 2.24) is 4.98 Å². The van der Waals surface area contributed by atoms with Crippen LogP contribution in [0.25, 0.3) is 10.8 Å². The third kappa shape index (κ3) is 3.67. The van der Waals surface area contributed by atoms with Crippen LogP contribution in [0.1, 0.15) is 11.5 Å². The molecule has 34 heavy (non-hydrogen) atoms. The summed E-state index contributed by atoms with van der Waals surface area (Å²) < 4.78 is 10.0. The fourth-order valence-corrected chi connectivity index (χ4v) is 4.07. The van der Waals surface area contributed by atoms with Crippen LogP contribution in [-0.2, 0) is 19.1 Å². The largest absolute Gasteiger partial charge is 0.466 e. The highest BCUT2D eigenvalue weighted by Gasteiger charge is 2.42. The standard InChI is InChI=1S/C25H20N4O5/c1-33-24(31)21-20(14-6-4-3-5-7-14)18(12-26)23(27)29(22(21)25(32)34-2)17-9-8-15-13-28-19(30)11-16(15)10-17/h3-11,13,20H,27H2,1-2H3,(H,28,30). The number of nitrogens with one attached hydrogen (secondary N) is 1. The minimum atomic E-state index is -0.952. The molecule has 4 rings (SSSR count). The number of ether oxygens (including phenoxy) is 2. The van der Waals surface area contributed by atoms with Gasteiger partial charge in [-0.1, -0.05) is 36.4 Å². The average molecular weight is 456 g/mol. The molecule has 3 N–H and O–H groups in total. The van der Waals surface area contributed by atoms with Gasteiger partial charge in [0.2, 0.25) is 5.56 Å². The van der Waals surface area contributed by atoms with E-state index in [4.69, 9.17) is 15.2 Å².